The van der Waals surface area contributed by atoms with E-state index in [0.717, 1.165) is 5.56 Å². The maximum Gasteiger partial charge on any atom is 0.410 e. The van der Waals surface area contributed by atoms with Crippen LogP contribution in [0.3, 0.4) is 0 Å². The summed E-state index contributed by atoms with van der Waals surface area (Å²) >= 11 is 0. The zero-order chi connectivity index (χ0) is 9.84. The number of hydrogen-bond acceptors (Lipinski definition) is 2. The number of nitrogens with one attached hydrogen (secondary N) is 1. The molecule has 0 aliphatic carbocycles. The van der Waals surface area contributed by atoms with Crippen LogP contribution in [0.15, 0.2) is 18.3 Å². The predicted molar refractivity (Wildman–Crippen MR) is 50.0 cm³/mol. The van der Waals surface area contributed by atoms with Crippen molar-refractivity contribution in [1.82, 2.24) is 4.98 Å². The number of rotatable bonds is 2. The van der Waals surface area contributed by atoms with Crippen LogP contribution in [0.2, 0.25) is 0 Å². The molecule has 0 spiro atoms. The lowest BCUT2D eigenvalue weighted by molar-refractivity contribution is 0.209. The van der Waals surface area contributed by atoms with Gasteiger partial charge in [0.05, 0.1) is 0 Å². The van der Waals surface area contributed by atoms with Gasteiger partial charge in [-0.15, -0.1) is 0 Å². The van der Waals surface area contributed by atoms with Crippen LogP contribution in [0.4, 0.5) is 10.6 Å². The van der Waals surface area contributed by atoms with E-state index in [1.54, 1.807) is 12.3 Å². The summed E-state index contributed by atoms with van der Waals surface area (Å²) in [6.07, 6.45) is 0.508. The molecule has 1 aromatic rings. The fraction of sp³-hybridized carbons (Fsp3) is 0.333. The number of carbonyl (C=O) groups is 1. The molecule has 0 saturated carbocycles. The third-order valence-corrected chi connectivity index (χ3v) is 1.69. The monoisotopic (exact) mass is 180 g/mol. The molecule has 70 valence electrons. The highest BCUT2D eigenvalue weighted by Crippen LogP contribution is 2.15. The number of amides is 1. The summed E-state index contributed by atoms with van der Waals surface area (Å²) in [7, 11) is 0. The van der Waals surface area contributed by atoms with E-state index in [1.165, 1.54) is 0 Å². The van der Waals surface area contributed by atoms with Gasteiger partial charge in [0, 0.05) is 6.20 Å². The van der Waals surface area contributed by atoms with Crippen molar-refractivity contribution in [1.29, 1.82) is 0 Å². The first-order valence-electron chi connectivity index (χ1n) is 4.05. The minimum atomic E-state index is -1.09. The molecule has 0 fully saturated rings. The molecule has 1 amide bonds. The van der Waals surface area contributed by atoms with Crippen LogP contribution in [0.25, 0.3) is 0 Å². The van der Waals surface area contributed by atoms with Crippen LogP contribution in [0, 0.1) is 0 Å². The Bertz CT molecular complexity index is 310. The van der Waals surface area contributed by atoms with Crippen molar-refractivity contribution in [3.05, 3.63) is 23.9 Å². The Labute approximate surface area is 76.6 Å². The fourth-order valence-electron chi connectivity index (χ4n) is 0.984. The standard InChI is InChI=1S/C9H12N2O2/c1-6(2)7-3-4-10-8(5-7)11-9(12)13/h3-6H,1-2H3,(H,10,11)(H,12,13). The number of pyridine rings is 1. The summed E-state index contributed by atoms with van der Waals surface area (Å²) in [4.78, 5) is 14.2. The number of carboxylic acid groups (broad SMARTS) is 1. The van der Waals surface area contributed by atoms with E-state index in [4.69, 9.17) is 5.11 Å². The molecule has 0 unspecified atom stereocenters. The number of hydrogen-bond donors (Lipinski definition) is 2. The van der Waals surface area contributed by atoms with Crippen LogP contribution in [-0.2, 0) is 0 Å². The molecule has 1 aromatic heterocycles. The first-order valence-corrected chi connectivity index (χ1v) is 4.05. The fourth-order valence-corrected chi connectivity index (χ4v) is 0.984. The quantitative estimate of drug-likeness (QED) is 0.734. The summed E-state index contributed by atoms with van der Waals surface area (Å²) in [5, 5.41) is 10.7. The SMILES string of the molecule is CC(C)c1ccnc(NC(=O)O)c1. The van der Waals surface area contributed by atoms with E-state index in [2.05, 4.69) is 10.3 Å². The van der Waals surface area contributed by atoms with E-state index in [0.29, 0.717) is 11.7 Å². The average molecular weight is 180 g/mol. The van der Waals surface area contributed by atoms with Crippen molar-refractivity contribution in [2.75, 3.05) is 5.32 Å². The Balaban J connectivity index is 2.85. The lowest BCUT2D eigenvalue weighted by Crippen LogP contribution is -2.08. The van der Waals surface area contributed by atoms with Crippen molar-refractivity contribution in [3.8, 4) is 0 Å². The molecular weight excluding hydrogens is 168 g/mol. The second-order valence-electron chi connectivity index (χ2n) is 3.06. The van der Waals surface area contributed by atoms with Gasteiger partial charge in [-0.1, -0.05) is 13.8 Å². The van der Waals surface area contributed by atoms with Crippen LogP contribution in [0.1, 0.15) is 25.3 Å². The summed E-state index contributed by atoms with van der Waals surface area (Å²) in [5.74, 6) is 0.746. The highest BCUT2D eigenvalue weighted by Gasteiger charge is 2.02. The minimum Gasteiger partial charge on any atom is -0.465 e. The van der Waals surface area contributed by atoms with Crippen LogP contribution in [0.5, 0.6) is 0 Å². The van der Waals surface area contributed by atoms with E-state index in [1.807, 2.05) is 19.9 Å². The minimum absolute atomic E-state index is 0.373. The third kappa shape index (κ3) is 2.74. The Morgan fingerprint density at radius 2 is 2.31 bits per heavy atom. The van der Waals surface area contributed by atoms with E-state index in [9.17, 15) is 4.79 Å². The molecule has 0 saturated heterocycles. The molecule has 0 aliphatic rings. The Hall–Kier alpha value is -1.58. The molecule has 0 aliphatic heterocycles. The molecule has 4 heteroatoms. The summed E-state index contributed by atoms with van der Waals surface area (Å²) < 4.78 is 0. The maximum absolute atomic E-state index is 10.3. The predicted octanol–water partition coefficient (Wildman–Crippen LogP) is 2.29. The van der Waals surface area contributed by atoms with Gasteiger partial charge in [-0.3, -0.25) is 5.32 Å². The highest BCUT2D eigenvalue weighted by atomic mass is 16.4. The largest absolute Gasteiger partial charge is 0.465 e. The molecule has 0 radical (unpaired) electrons. The smallest absolute Gasteiger partial charge is 0.410 e. The lowest BCUT2D eigenvalue weighted by atomic mass is 10.1. The van der Waals surface area contributed by atoms with Gasteiger partial charge in [0.2, 0.25) is 0 Å². The van der Waals surface area contributed by atoms with Gasteiger partial charge < -0.3 is 5.11 Å². The van der Waals surface area contributed by atoms with Gasteiger partial charge in [-0.2, -0.15) is 0 Å². The first-order chi connectivity index (χ1) is 6.09. The van der Waals surface area contributed by atoms with Gasteiger partial charge in [0.1, 0.15) is 5.82 Å². The second-order valence-corrected chi connectivity index (χ2v) is 3.06. The second kappa shape index (κ2) is 3.89. The van der Waals surface area contributed by atoms with Crippen molar-refractivity contribution < 1.29 is 9.90 Å². The van der Waals surface area contributed by atoms with Gasteiger partial charge in [0.15, 0.2) is 0 Å². The Morgan fingerprint density at radius 1 is 1.62 bits per heavy atom. The molecular formula is C9H12N2O2. The molecule has 13 heavy (non-hydrogen) atoms. The summed E-state index contributed by atoms with van der Waals surface area (Å²) in [6.45, 7) is 4.08. The molecule has 0 aromatic carbocycles. The van der Waals surface area contributed by atoms with Crippen LogP contribution >= 0.6 is 0 Å². The Kier molecular flexibility index (Phi) is 2.84. The first kappa shape index (κ1) is 9.51. The molecule has 1 heterocycles. The zero-order valence-electron chi connectivity index (χ0n) is 7.61. The van der Waals surface area contributed by atoms with E-state index >= 15 is 0 Å². The average Bonchev–Trinajstić information content (AvgIpc) is 2.03. The molecule has 0 atom stereocenters. The Morgan fingerprint density at radius 3 is 2.85 bits per heavy atom. The maximum atomic E-state index is 10.3. The van der Waals surface area contributed by atoms with E-state index in [-0.39, 0.29) is 0 Å². The topological polar surface area (TPSA) is 62.2 Å². The number of nitrogens with zero attached hydrogens (tertiary/aromatic N) is 1. The molecule has 2 N–H and O–H groups in total. The number of anilines is 1. The van der Waals surface area contributed by atoms with Crippen LogP contribution < -0.4 is 5.32 Å². The summed E-state index contributed by atoms with van der Waals surface area (Å²) in [5.41, 5.74) is 1.07. The van der Waals surface area contributed by atoms with Gasteiger partial charge in [0.25, 0.3) is 0 Å². The lowest BCUT2D eigenvalue weighted by Gasteiger charge is -2.06. The molecule has 0 bridgehead atoms. The van der Waals surface area contributed by atoms with Crippen molar-refractivity contribution in [3.63, 3.8) is 0 Å². The van der Waals surface area contributed by atoms with Crippen LogP contribution in [-0.4, -0.2) is 16.2 Å². The summed E-state index contributed by atoms with van der Waals surface area (Å²) in [6, 6.07) is 3.61. The third-order valence-electron chi connectivity index (χ3n) is 1.69. The van der Waals surface area contributed by atoms with E-state index < -0.39 is 6.09 Å². The zero-order valence-corrected chi connectivity index (χ0v) is 7.61. The molecule has 4 nitrogen and oxygen atoms in total. The van der Waals surface area contributed by atoms with Crippen molar-refractivity contribution in [2.24, 2.45) is 0 Å². The van der Waals surface area contributed by atoms with Gasteiger partial charge >= 0.3 is 6.09 Å². The van der Waals surface area contributed by atoms with Crippen molar-refractivity contribution >= 4 is 11.9 Å². The normalized spacial score (nSPS) is 10.1. The highest BCUT2D eigenvalue weighted by molar-refractivity contribution is 5.81. The number of aromatic nitrogens is 1. The van der Waals surface area contributed by atoms with Crippen molar-refractivity contribution in [2.45, 2.75) is 19.8 Å². The van der Waals surface area contributed by atoms with Gasteiger partial charge in [-0.05, 0) is 23.6 Å². The molecule has 1 rings (SSSR count). The van der Waals surface area contributed by atoms with Gasteiger partial charge in [-0.25, -0.2) is 9.78 Å².